The van der Waals surface area contributed by atoms with Crippen LogP contribution >= 0.6 is 0 Å². The number of nitrogens with one attached hydrogen (secondary N) is 1. The quantitative estimate of drug-likeness (QED) is 0.215. The zero-order valence-corrected chi connectivity index (χ0v) is 24.3. The first-order valence-electron chi connectivity index (χ1n) is 14.1. The topological polar surface area (TPSA) is 88.5 Å². The lowest BCUT2D eigenvalue weighted by molar-refractivity contribution is -0.138. The second-order valence-corrected chi connectivity index (χ2v) is 11.0. The highest BCUT2D eigenvalue weighted by molar-refractivity contribution is 6.04. The predicted molar refractivity (Wildman–Crippen MR) is 162 cm³/mol. The largest absolute Gasteiger partial charge is 0.416 e. The molecule has 0 saturated carbocycles. The van der Waals surface area contributed by atoms with Crippen LogP contribution in [0.5, 0.6) is 0 Å². The summed E-state index contributed by atoms with van der Waals surface area (Å²) in [6, 6.07) is 10.9. The fourth-order valence-electron chi connectivity index (χ4n) is 5.10. The van der Waals surface area contributed by atoms with E-state index in [0.29, 0.717) is 23.2 Å². The number of alkyl halides is 3. The van der Waals surface area contributed by atoms with Gasteiger partial charge in [0.05, 0.1) is 5.56 Å². The number of amides is 1. The number of pyridine rings is 1. The van der Waals surface area contributed by atoms with E-state index in [-0.39, 0.29) is 29.2 Å². The minimum Gasteiger partial charge on any atom is -0.366 e. The first-order valence-corrected chi connectivity index (χ1v) is 14.1. The Morgan fingerprint density at radius 2 is 1.81 bits per heavy atom. The molecule has 1 aliphatic rings. The number of rotatable bonds is 5. The van der Waals surface area contributed by atoms with Gasteiger partial charge in [-0.1, -0.05) is 35.6 Å². The molecule has 3 N–H and O–H groups in total. The first-order chi connectivity index (χ1) is 20.5. The number of aromatic nitrogens is 3. The van der Waals surface area contributed by atoms with Gasteiger partial charge in [0.1, 0.15) is 0 Å². The highest BCUT2D eigenvalue weighted by Crippen LogP contribution is 2.35. The van der Waals surface area contributed by atoms with Gasteiger partial charge in [0, 0.05) is 41.7 Å². The molecule has 1 aliphatic heterocycles. The number of halogens is 3. The lowest BCUT2D eigenvalue weighted by atomic mass is 9.97. The molecule has 1 amide bonds. The Morgan fingerprint density at radius 1 is 1.02 bits per heavy atom. The summed E-state index contributed by atoms with van der Waals surface area (Å²) in [6.45, 7) is 5.64. The number of anilines is 2. The molecule has 10 heteroatoms. The maximum Gasteiger partial charge on any atom is 0.416 e. The van der Waals surface area contributed by atoms with E-state index in [4.69, 9.17) is 5.73 Å². The van der Waals surface area contributed by atoms with Crippen LogP contribution in [0.2, 0.25) is 0 Å². The van der Waals surface area contributed by atoms with Crippen LogP contribution in [-0.4, -0.2) is 45.5 Å². The molecule has 7 nitrogen and oxygen atoms in total. The van der Waals surface area contributed by atoms with E-state index in [2.05, 4.69) is 45.3 Å². The van der Waals surface area contributed by atoms with Crippen molar-refractivity contribution >= 4 is 23.2 Å². The van der Waals surface area contributed by atoms with Crippen LogP contribution < -0.4 is 11.1 Å². The third kappa shape index (κ3) is 7.24. The summed E-state index contributed by atoms with van der Waals surface area (Å²) in [5.74, 6) is 5.86. The Balaban J connectivity index is 1.33. The summed E-state index contributed by atoms with van der Waals surface area (Å²) in [5, 5.41) is 6.75. The molecule has 2 aromatic carbocycles. The van der Waals surface area contributed by atoms with E-state index in [1.807, 2.05) is 19.9 Å². The summed E-state index contributed by atoms with van der Waals surface area (Å²) in [6.07, 6.45) is 1.98. The van der Waals surface area contributed by atoms with Crippen molar-refractivity contribution in [1.82, 2.24) is 19.5 Å². The van der Waals surface area contributed by atoms with Gasteiger partial charge in [0.2, 0.25) is 5.95 Å². The number of carbonyl (C=O) groups is 1. The van der Waals surface area contributed by atoms with E-state index in [1.54, 1.807) is 28.9 Å². The van der Waals surface area contributed by atoms with Gasteiger partial charge in [-0.15, -0.1) is 5.10 Å². The van der Waals surface area contributed by atoms with Gasteiger partial charge in [-0.2, -0.15) is 18.2 Å². The molecule has 2 aromatic heterocycles. The Morgan fingerprint density at radius 3 is 2.60 bits per heavy atom. The SMILES string of the molecule is Cc1ccc(C(=O)Nc2ccc(CCC3=CCCN(C)CC3)c(C(F)(F)F)c2)cc1C#Cc1cn2nc(N)nc2cc1C. The van der Waals surface area contributed by atoms with Crippen molar-refractivity contribution in [2.45, 2.75) is 45.7 Å². The van der Waals surface area contributed by atoms with Crippen molar-refractivity contribution < 1.29 is 18.0 Å². The van der Waals surface area contributed by atoms with Gasteiger partial charge in [-0.05, 0) is 93.6 Å². The van der Waals surface area contributed by atoms with Crippen LogP contribution in [0.25, 0.3) is 5.65 Å². The van der Waals surface area contributed by atoms with Crippen molar-refractivity contribution in [1.29, 1.82) is 0 Å². The summed E-state index contributed by atoms with van der Waals surface area (Å²) >= 11 is 0. The molecule has 0 aliphatic carbocycles. The number of hydrogen-bond donors (Lipinski definition) is 2. The van der Waals surface area contributed by atoms with Crippen LogP contribution in [0, 0.1) is 25.7 Å². The van der Waals surface area contributed by atoms with Gasteiger partial charge in [0.25, 0.3) is 5.91 Å². The van der Waals surface area contributed by atoms with E-state index in [1.165, 1.54) is 17.7 Å². The monoisotopic (exact) mass is 586 g/mol. The first kappa shape index (κ1) is 29.9. The number of fused-ring (bicyclic) bond motifs is 1. The summed E-state index contributed by atoms with van der Waals surface area (Å²) in [5.41, 5.74) is 10.4. The number of benzene rings is 2. The molecule has 43 heavy (non-hydrogen) atoms. The van der Waals surface area contributed by atoms with Crippen molar-refractivity contribution in [3.8, 4) is 11.8 Å². The lowest BCUT2D eigenvalue weighted by Crippen LogP contribution is -2.18. The third-order valence-electron chi connectivity index (χ3n) is 7.67. The average molecular weight is 587 g/mol. The molecule has 0 radical (unpaired) electrons. The molecular formula is C33H33F3N6O. The smallest absolute Gasteiger partial charge is 0.366 e. The van der Waals surface area contributed by atoms with Gasteiger partial charge in [-0.25, -0.2) is 4.52 Å². The van der Waals surface area contributed by atoms with E-state index in [9.17, 15) is 18.0 Å². The number of nitrogens with zero attached hydrogens (tertiary/aromatic N) is 4. The van der Waals surface area contributed by atoms with E-state index >= 15 is 0 Å². The molecule has 3 heterocycles. The molecule has 0 spiro atoms. The van der Waals surface area contributed by atoms with Gasteiger partial charge in [-0.3, -0.25) is 4.79 Å². The van der Waals surface area contributed by atoms with Crippen molar-refractivity contribution in [3.63, 3.8) is 0 Å². The number of carbonyl (C=O) groups excluding carboxylic acids is 1. The number of nitrogen functional groups attached to an aromatic ring is 1. The van der Waals surface area contributed by atoms with Crippen LogP contribution in [0.3, 0.4) is 0 Å². The van der Waals surface area contributed by atoms with Gasteiger partial charge < -0.3 is 16.0 Å². The molecule has 0 bridgehead atoms. The van der Waals surface area contributed by atoms with Gasteiger partial charge in [0.15, 0.2) is 5.65 Å². The maximum atomic E-state index is 14.0. The molecule has 222 valence electrons. The molecule has 5 rings (SSSR count). The second-order valence-electron chi connectivity index (χ2n) is 11.0. The Kier molecular flexibility index (Phi) is 8.55. The number of nitrogens with two attached hydrogens (primary N) is 1. The standard InChI is InChI=1S/C33H33F3N6O/c1-21-6-8-26(18-25(21)10-11-27-20-42-30(17-22(27)2)39-32(37)40-42)31(43)38-28-13-12-24(29(19-28)33(34,35)36)9-7-23-5-4-15-41(3)16-14-23/h5-6,8,12-13,17-20H,4,7,9,14-16H2,1-3H3,(H2,37,40)(H,38,43). The molecule has 0 unspecified atom stereocenters. The van der Waals surface area contributed by atoms with Crippen molar-refractivity contribution in [3.05, 3.63) is 99.3 Å². The Hall–Kier alpha value is -4.62. The zero-order chi connectivity index (χ0) is 30.7. The fraction of sp³-hybridized carbons (Fsp3) is 0.303. The van der Waals surface area contributed by atoms with Gasteiger partial charge >= 0.3 is 6.18 Å². The Labute approximate surface area is 248 Å². The maximum absolute atomic E-state index is 14.0. The molecular weight excluding hydrogens is 553 g/mol. The molecule has 4 aromatic rings. The van der Waals surface area contributed by atoms with Crippen LogP contribution in [0.15, 0.2) is 60.3 Å². The fourth-order valence-corrected chi connectivity index (χ4v) is 5.10. The Bertz CT molecular complexity index is 1780. The third-order valence-corrected chi connectivity index (χ3v) is 7.67. The minimum atomic E-state index is -4.54. The normalized spacial score (nSPS) is 14.1. The molecule has 0 fully saturated rings. The predicted octanol–water partition coefficient (Wildman–Crippen LogP) is 6.18. The minimum absolute atomic E-state index is 0.0839. The van der Waals surface area contributed by atoms with Crippen LogP contribution in [-0.2, 0) is 12.6 Å². The average Bonchev–Trinajstić information content (AvgIpc) is 3.17. The van der Waals surface area contributed by atoms with E-state index in [0.717, 1.165) is 43.1 Å². The van der Waals surface area contributed by atoms with E-state index < -0.39 is 17.6 Å². The zero-order valence-electron chi connectivity index (χ0n) is 24.3. The van der Waals surface area contributed by atoms with Crippen LogP contribution in [0.4, 0.5) is 24.8 Å². The number of aryl methyl sites for hydroxylation is 3. The lowest BCUT2D eigenvalue weighted by Gasteiger charge is -2.16. The highest BCUT2D eigenvalue weighted by atomic mass is 19.4. The van der Waals surface area contributed by atoms with Crippen molar-refractivity contribution in [2.75, 3.05) is 31.2 Å². The van der Waals surface area contributed by atoms with Crippen LogP contribution in [0.1, 0.15) is 63.0 Å². The summed E-state index contributed by atoms with van der Waals surface area (Å²) in [7, 11) is 2.05. The molecule has 0 atom stereocenters. The highest BCUT2D eigenvalue weighted by Gasteiger charge is 2.33. The van der Waals surface area contributed by atoms with Crippen molar-refractivity contribution in [2.24, 2.45) is 0 Å². The summed E-state index contributed by atoms with van der Waals surface area (Å²) < 4.78 is 43.7. The second kappa shape index (κ2) is 12.3. The molecule has 0 saturated heterocycles. The number of hydrogen-bond acceptors (Lipinski definition) is 5. The summed E-state index contributed by atoms with van der Waals surface area (Å²) in [4.78, 5) is 19.5.